The Hall–Kier alpha value is -2.31. The molecule has 0 radical (unpaired) electrons. The minimum absolute atomic E-state index is 0.102. The van der Waals surface area contributed by atoms with E-state index in [0.717, 1.165) is 10.0 Å². The first kappa shape index (κ1) is 20.0. The molecule has 0 aromatic heterocycles. The van der Waals surface area contributed by atoms with Gasteiger partial charge in [-0.1, -0.05) is 45.7 Å². The number of nitrogens with zero attached hydrogens (tertiary/aromatic N) is 1. The van der Waals surface area contributed by atoms with Gasteiger partial charge in [0.25, 0.3) is 0 Å². The number of halogens is 2. The smallest absolute Gasteiger partial charge is 0.246 e. The number of ether oxygens (including phenoxy) is 1. The van der Waals surface area contributed by atoms with Crippen LogP contribution in [0.15, 0.2) is 53.0 Å². The Balaban J connectivity index is 1.97. The van der Waals surface area contributed by atoms with E-state index in [4.69, 9.17) is 16.3 Å². The molecule has 0 saturated heterocycles. The highest BCUT2D eigenvalue weighted by atomic mass is 79.9. The number of hydrogen-bond donors (Lipinski definition) is 1. The second kappa shape index (κ2) is 9.40. The molecule has 0 fully saturated rings. The third-order valence-electron chi connectivity index (χ3n) is 3.50. The number of carbonyl (C=O) groups is 2. The molecule has 5 nitrogen and oxygen atoms in total. The monoisotopic (exact) mass is 436 g/mol. The molecule has 2 aromatic rings. The number of hydrogen-bond acceptors (Lipinski definition) is 3. The number of benzene rings is 2. The van der Waals surface area contributed by atoms with Crippen molar-refractivity contribution in [2.24, 2.45) is 0 Å². The maximum Gasteiger partial charge on any atom is 0.246 e. The third kappa shape index (κ3) is 5.61. The number of rotatable bonds is 6. The fourth-order valence-corrected chi connectivity index (χ4v) is 2.75. The predicted molar refractivity (Wildman–Crippen MR) is 107 cm³/mol. The summed E-state index contributed by atoms with van der Waals surface area (Å²) in [6.45, 7) is -0.102. The van der Waals surface area contributed by atoms with Gasteiger partial charge >= 0.3 is 0 Å². The predicted octanol–water partition coefficient (Wildman–Crippen LogP) is 4.22. The standard InChI is InChI=1S/C19H18BrClN2O3/c1-23(19(25)10-7-13-5-3-4-6-15(13)20)12-18(24)22-16-11-14(21)8-9-17(16)26-2/h3-11H,12H2,1-2H3,(H,22,24)/b10-7+. The Morgan fingerprint density at radius 2 is 2.00 bits per heavy atom. The van der Waals surface area contributed by atoms with Crippen LogP contribution in [0.4, 0.5) is 5.69 Å². The Morgan fingerprint density at radius 1 is 1.27 bits per heavy atom. The summed E-state index contributed by atoms with van der Waals surface area (Å²) in [5.74, 6) is -0.143. The van der Waals surface area contributed by atoms with Gasteiger partial charge in [0.2, 0.25) is 11.8 Å². The van der Waals surface area contributed by atoms with E-state index in [2.05, 4.69) is 21.2 Å². The molecule has 0 aliphatic carbocycles. The second-order valence-corrected chi connectivity index (χ2v) is 6.73. The third-order valence-corrected chi connectivity index (χ3v) is 4.46. The van der Waals surface area contributed by atoms with Crippen LogP contribution < -0.4 is 10.1 Å². The molecule has 2 aromatic carbocycles. The minimum Gasteiger partial charge on any atom is -0.495 e. The van der Waals surface area contributed by atoms with Gasteiger partial charge in [0.05, 0.1) is 19.3 Å². The highest BCUT2D eigenvalue weighted by molar-refractivity contribution is 9.10. The SMILES string of the molecule is COc1ccc(Cl)cc1NC(=O)CN(C)C(=O)/C=C/c1ccccc1Br. The molecule has 1 N–H and O–H groups in total. The van der Waals surface area contributed by atoms with E-state index >= 15 is 0 Å². The zero-order valence-corrected chi connectivity index (χ0v) is 16.7. The molecule has 0 aliphatic rings. The van der Waals surface area contributed by atoms with Crippen LogP contribution in [0.1, 0.15) is 5.56 Å². The Kier molecular flexibility index (Phi) is 7.24. The zero-order valence-electron chi connectivity index (χ0n) is 14.3. The number of carbonyl (C=O) groups excluding carboxylic acids is 2. The van der Waals surface area contributed by atoms with Crippen molar-refractivity contribution in [1.29, 1.82) is 0 Å². The summed E-state index contributed by atoms with van der Waals surface area (Å²) < 4.78 is 6.07. The summed E-state index contributed by atoms with van der Waals surface area (Å²) in [6, 6.07) is 12.5. The van der Waals surface area contributed by atoms with E-state index in [0.29, 0.717) is 16.5 Å². The van der Waals surface area contributed by atoms with Crippen molar-refractivity contribution in [2.45, 2.75) is 0 Å². The summed E-state index contributed by atoms with van der Waals surface area (Å²) in [7, 11) is 3.06. The molecule has 136 valence electrons. The summed E-state index contributed by atoms with van der Waals surface area (Å²) in [5, 5.41) is 3.17. The molecule has 2 rings (SSSR count). The van der Waals surface area contributed by atoms with Crippen LogP contribution in [0.3, 0.4) is 0 Å². The lowest BCUT2D eigenvalue weighted by Crippen LogP contribution is -2.33. The highest BCUT2D eigenvalue weighted by Gasteiger charge is 2.13. The van der Waals surface area contributed by atoms with E-state index in [1.807, 2.05) is 24.3 Å². The quantitative estimate of drug-likeness (QED) is 0.688. The van der Waals surface area contributed by atoms with Crippen LogP contribution in [0.2, 0.25) is 5.02 Å². The van der Waals surface area contributed by atoms with Gasteiger partial charge in [0, 0.05) is 22.6 Å². The fourth-order valence-electron chi connectivity index (χ4n) is 2.16. The van der Waals surface area contributed by atoms with Crippen LogP contribution in [0.25, 0.3) is 6.08 Å². The van der Waals surface area contributed by atoms with Crippen molar-refractivity contribution in [3.63, 3.8) is 0 Å². The van der Waals surface area contributed by atoms with Crippen LogP contribution in [-0.4, -0.2) is 37.4 Å². The molecule has 7 heteroatoms. The number of methoxy groups -OCH3 is 1. The first-order valence-corrected chi connectivity index (χ1v) is 8.89. The van der Waals surface area contributed by atoms with Gasteiger partial charge in [0.1, 0.15) is 5.75 Å². The first-order chi connectivity index (χ1) is 12.4. The van der Waals surface area contributed by atoms with Gasteiger partial charge in [-0.2, -0.15) is 0 Å². The minimum atomic E-state index is -0.351. The van der Waals surface area contributed by atoms with Crippen molar-refractivity contribution in [3.05, 3.63) is 63.6 Å². The van der Waals surface area contributed by atoms with Gasteiger partial charge in [-0.15, -0.1) is 0 Å². The van der Waals surface area contributed by atoms with Crippen LogP contribution >= 0.6 is 27.5 Å². The molecule has 2 amide bonds. The van der Waals surface area contributed by atoms with Gasteiger partial charge in [-0.3, -0.25) is 9.59 Å². The zero-order chi connectivity index (χ0) is 19.1. The van der Waals surface area contributed by atoms with Crippen LogP contribution in [0, 0.1) is 0 Å². The topological polar surface area (TPSA) is 58.6 Å². The molecular formula is C19H18BrClN2O3. The van der Waals surface area contributed by atoms with E-state index in [1.54, 1.807) is 31.3 Å². The Labute approximate surface area is 165 Å². The number of amides is 2. The second-order valence-electron chi connectivity index (χ2n) is 5.44. The normalized spacial score (nSPS) is 10.6. The van der Waals surface area contributed by atoms with Crippen molar-refractivity contribution >= 4 is 51.1 Å². The Morgan fingerprint density at radius 3 is 2.69 bits per heavy atom. The molecule has 0 heterocycles. The van der Waals surface area contributed by atoms with Crippen molar-refractivity contribution in [3.8, 4) is 5.75 Å². The van der Waals surface area contributed by atoms with Gasteiger partial charge < -0.3 is 15.0 Å². The molecule has 0 saturated carbocycles. The maximum atomic E-state index is 12.2. The van der Waals surface area contributed by atoms with E-state index in [-0.39, 0.29) is 18.4 Å². The largest absolute Gasteiger partial charge is 0.495 e. The van der Waals surface area contributed by atoms with Gasteiger partial charge in [-0.25, -0.2) is 0 Å². The van der Waals surface area contributed by atoms with E-state index in [9.17, 15) is 9.59 Å². The number of likely N-dealkylation sites (N-methyl/N-ethyl adjacent to an activating group) is 1. The lowest BCUT2D eigenvalue weighted by atomic mass is 10.2. The average molecular weight is 438 g/mol. The van der Waals surface area contributed by atoms with E-state index < -0.39 is 0 Å². The van der Waals surface area contributed by atoms with Crippen molar-refractivity contribution < 1.29 is 14.3 Å². The summed E-state index contributed by atoms with van der Waals surface area (Å²) in [6.07, 6.45) is 3.12. The van der Waals surface area contributed by atoms with Crippen molar-refractivity contribution in [2.75, 3.05) is 26.0 Å². The highest BCUT2D eigenvalue weighted by Crippen LogP contribution is 2.27. The molecule has 0 bridgehead atoms. The Bertz CT molecular complexity index is 839. The number of nitrogens with one attached hydrogen (secondary N) is 1. The molecule has 0 atom stereocenters. The van der Waals surface area contributed by atoms with E-state index in [1.165, 1.54) is 18.1 Å². The van der Waals surface area contributed by atoms with Gasteiger partial charge in [-0.05, 0) is 35.9 Å². The molecule has 0 unspecified atom stereocenters. The van der Waals surface area contributed by atoms with Crippen molar-refractivity contribution in [1.82, 2.24) is 4.90 Å². The molecule has 0 spiro atoms. The lowest BCUT2D eigenvalue weighted by Gasteiger charge is -2.16. The fraction of sp³-hybridized carbons (Fsp3) is 0.158. The van der Waals surface area contributed by atoms with Gasteiger partial charge in [0.15, 0.2) is 0 Å². The number of anilines is 1. The average Bonchev–Trinajstić information content (AvgIpc) is 2.60. The first-order valence-electron chi connectivity index (χ1n) is 7.72. The summed E-state index contributed by atoms with van der Waals surface area (Å²) >= 11 is 9.36. The molecular weight excluding hydrogens is 420 g/mol. The van der Waals surface area contributed by atoms with Crippen LogP contribution in [-0.2, 0) is 9.59 Å². The maximum absolute atomic E-state index is 12.2. The lowest BCUT2D eigenvalue weighted by molar-refractivity contribution is -0.129. The molecule has 0 aliphatic heterocycles. The summed E-state index contributed by atoms with van der Waals surface area (Å²) in [4.78, 5) is 25.7. The summed E-state index contributed by atoms with van der Waals surface area (Å²) in [5.41, 5.74) is 1.33. The molecule has 26 heavy (non-hydrogen) atoms. The van der Waals surface area contributed by atoms with Crippen LogP contribution in [0.5, 0.6) is 5.75 Å².